The van der Waals surface area contributed by atoms with Crippen LogP contribution in [0.25, 0.3) is 11.0 Å². The van der Waals surface area contributed by atoms with Crippen LogP contribution in [0.5, 0.6) is 0 Å². The Morgan fingerprint density at radius 3 is 2.12 bits per heavy atom. The molecule has 4 rings (SSSR count). The Hall–Kier alpha value is -2.98. The summed E-state index contributed by atoms with van der Waals surface area (Å²) in [6.45, 7) is 10.2. The van der Waals surface area contributed by atoms with Gasteiger partial charge >= 0.3 is 0 Å². The van der Waals surface area contributed by atoms with Gasteiger partial charge in [-0.2, -0.15) is 4.31 Å². The van der Waals surface area contributed by atoms with Crippen LogP contribution in [-0.2, 0) is 17.1 Å². The highest BCUT2D eigenvalue weighted by molar-refractivity contribution is 7.89. The number of pyridine rings is 1. The van der Waals surface area contributed by atoms with Crippen LogP contribution < -0.4 is 5.56 Å². The third-order valence-corrected chi connectivity index (χ3v) is 8.77. The van der Waals surface area contributed by atoms with Gasteiger partial charge in [0, 0.05) is 38.9 Å². The van der Waals surface area contributed by atoms with E-state index in [1.807, 2.05) is 33.8 Å². The number of aryl methyl sites for hydroxylation is 4. The lowest BCUT2D eigenvalue weighted by atomic mass is 10.0. The van der Waals surface area contributed by atoms with Crippen LogP contribution in [0.4, 0.5) is 0 Å². The van der Waals surface area contributed by atoms with Gasteiger partial charge in [0.2, 0.25) is 10.0 Å². The third kappa shape index (κ3) is 3.76. The number of fused-ring (bicyclic) bond motifs is 1. The van der Waals surface area contributed by atoms with Crippen LogP contribution in [0.15, 0.2) is 21.8 Å². The molecule has 1 aliphatic rings. The van der Waals surface area contributed by atoms with Crippen LogP contribution in [0, 0.1) is 34.6 Å². The second-order valence-electron chi connectivity index (χ2n) is 8.80. The van der Waals surface area contributed by atoms with Gasteiger partial charge in [-0.05, 0) is 62.9 Å². The Morgan fingerprint density at radius 1 is 0.970 bits per heavy atom. The summed E-state index contributed by atoms with van der Waals surface area (Å²) in [6, 6.07) is 3.62. The lowest BCUT2D eigenvalue weighted by Gasteiger charge is -2.35. The molecule has 33 heavy (non-hydrogen) atoms. The van der Waals surface area contributed by atoms with Gasteiger partial charge in [-0.1, -0.05) is 6.07 Å². The summed E-state index contributed by atoms with van der Waals surface area (Å²) in [5.74, 6) is -0.294. The van der Waals surface area contributed by atoms with Crippen molar-refractivity contribution in [2.45, 2.75) is 39.5 Å². The van der Waals surface area contributed by atoms with Crippen LogP contribution in [0.2, 0.25) is 0 Å². The summed E-state index contributed by atoms with van der Waals surface area (Å²) in [5, 5.41) is 2.90. The van der Waals surface area contributed by atoms with Crippen molar-refractivity contribution in [1.82, 2.24) is 24.0 Å². The smallest absolute Gasteiger partial charge is 0.274 e. The number of hydrogen-bond donors (Lipinski definition) is 1. The molecule has 1 amide bonds. The van der Waals surface area contributed by atoms with Crippen molar-refractivity contribution >= 4 is 27.0 Å². The molecule has 0 atom stereocenters. The first-order valence-corrected chi connectivity index (χ1v) is 12.3. The maximum atomic E-state index is 13.5. The molecule has 2 aromatic heterocycles. The minimum atomic E-state index is -3.70. The van der Waals surface area contributed by atoms with Gasteiger partial charge in [0.1, 0.15) is 0 Å². The third-order valence-electron chi connectivity index (χ3n) is 6.59. The van der Waals surface area contributed by atoms with Crippen molar-refractivity contribution in [3.8, 4) is 0 Å². The molecule has 3 aromatic rings. The van der Waals surface area contributed by atoms with Gasteiger partial charge < -0.3 is 4.90 Å². The van der Waals surface area contributed by atoms with Crippen molar-refractivity contribution in [2.24, 2.45) is 7.05 Å². The fourth-order valence-corrected chi connectivity index (χ4v) is 6.55. The molecule has 1 N–H and O–H groups in total. The number of aromatic amines is 1. The second-order valence-corrected chi connectivity index (χ2v) is 10.7. The number of piperazine rings is 1. The van der Waals surface area contributed by atoms with Gasteiger partial charge in [-0.15, -0.1) is 0 Å². The number of amides is 1. The maximum absolute atomic E-state index is 13.5. The van der Waals surface area contributed by atoms with E-state index in [1.165, 1.54) is 8.99 Å². The Labute approximate surface area is 193 Å². The summed E-state index contributed by atoms with van der Waals surface area (Å²) < 4.78 is 30.0. The zero-order valence-corrected chi connectivity index (χ0v) is 20.6. The van der Waals surface area contributed by atoms with Crippen LogP contribution in [-0.4, -0.2) is 64.5 Å². The molecular formula is C23H29N5O4S. The van der Waals surface area contributed by atoms with Crippen molar-refractivity contribution in [3.63, 3.8) is 0 Å². The van der Waals surface area contributed by atoms with Crippen LogP contribution in [0.1, 0.15) is 38.3 Å². The van der Waals surface area contributed by atoms with Crippen LogP contribution >= 0.6 is 0 Å². The molecule has 0 saturated carbocycles. The Bertz CT molecular complexity index is 1420. The molecule has 0 bridgehead atoms. The molecule has 10 heteroatoms. The highest BCUT2D eigenvalue weighted by Crippen LogP contribution is 2.29. The quantitative estimate of drug-likeness (QED) is 0.628. The Balaban J connectivity index is 1.61. The number of sulfonamides is 1. The molecule has 1 aromatic carbocycles. The number of hydrogen-bond acceptors (Lipinski definition) is 5. The predicted octanol–water partition coefficient (Wildman–Crippen LogP) is 1.95. The highest BCUT2D eigenvalue weighted by atomic mass is 32.2. The molecule has 1 fully saturated rings. The van der Waals surface area contributed by atoms with Gasteiger partial charge in [0.05, 0.1) is 15.8 Å². The Morgan fingerprint density at radius 2 is 1.55 bits per heavy atom. The standard InChI is InChI=1S/C23H29N5O4S/c1-13-11-14(2)17(5)20(16(13)4)33(31,32)28-9-7-27(8-10-28)23(30)18-12-15(3)24-21-19(18)22(29)25-26(21)6/h11-12H,7-10H2,1-6H3,(H,25,29). The number of nitrogens with one attached hydrogen (secondary N) is 1. The molecular weight excluding hydrogens is 442 g/mol. The SMILES string of the molecule is Cc1cc(C(=O)N2CCN(S(=O)(=O)c3c(C)c(C)cc(C)c3C)CC2)c2c(=O)[nH]n(C)c2n1. The van der Waals surface area contributed by atoms with Crippen molar-refractivity contribution in [2.75, 3.05) is 26.2 Å². The van der Waals surface area contributed by atoms with E-state index in [2.05, 4.69) is 10.1 Å². The summed E-state index contributed by atoms with van der Waals surface area (Å²) in [6.07, 6.45) is 0. The number of benzene rings is 1. The molecule has 0 unspecified atom stereocenters. The molecule has 176 valence electrons. The molecule has 0 radical (unpaired) electrons. The first kappa shape index (κ1) is 23.2. The van der Waals surface area contributed by atoms with Gasteiger partial charge in [-0.3, -0.25) is 19.4 Å². The summed E-state index contributed by atoms with van der Waals surface area (Å²) in [5.41, 5.74) is 4.37. The summed E-state index contributed by atoms with van der Waals surface area (Å²) >= 11 is 0. The number of carbonyl (C=O) groups is 1. The van der Waals surface area contributed by atoms with Gasteiger partial charge in [-0.25, -0.2) is 13.4 Å². The zero-order valence-electron chi connectivity index (χ0n) is 19.8. The average molecular weight is 472 g/mol. The minimum Gasteiger partial charge on any atom is -0.336 e. The maximum Gasteiger partial charge on any atom is 0.274 e. The van der Waals surface area contributed by atoms with Crippen molar-refractivity contribution in [1.29, 1.82) is 0 Å². The van der Waals surface area contributed by atoms with E-state index in [9.17, 15) is 18.0 Å². The van der Waals surface area contributed by atoms with E-state index in [1.54, 1.807) is 24.9 Å². The molecule has 1 aliphatic heterocycles. The van der Waals surface area contributed by atoms with Crippen molar-refractivity contribution < 1.29 is 13.2 Å². The highest BCUT2D eigenvalue weighted by Gasteiger charge is 2.34. The molecule has 9 nitrogen and oxygen atoms in total. The van der Waals surface area contributed by atoms with Gasteiger partial charge in [0.15, 0.2) is 5.65 Å². The second kappa shape index (κ2) is 8.11. The van der Waals surface area contributed by atoms with Crippen LogP contribution in [0.3, 0.4) is 0 Å². The summed E-state index contributed by atoms with van der Waals surface area (Å²) in [4.78, 5) is 32.1. The fraction of sp³-hybridized carbons (Fsp3) is 0.435. The molecule has 0 aliphatic carbocycles. The first-order chi connectivity index (χ1) is 15.4. The molecule has 0 spiro atoms. The Kier molecular flexibility index (Phi) is 5.69. The fourth-order valence-electron chi connectivity index (χ4n) is 4.55. The van der Waals surface area contributed by atoms with E-state index < -0.39 is 10.0 Å². The van der Waals surface area contributed by atoms with E-state index >= 15 is 0 Å². The number of H-pyrrole nitrogens is 1. The van der Waals surface area contributed by atoms with E-state index in [0.717, 1.165) is 22.3 Å². The van der Waals surface area contributed by atoms with E-state index in [0.29, 0.717) is 16.2 Å². The number of aromatic nitrogens is 3. The largest absolute Gasteiger partial charge is 0.336 e. The topological polar surface area (TPSA) is 108 Å². The average Bonchev–Trinajstić information content (AvgIpc) is 3.04. The van der Waals surface area contributed by atoms with Gasteiger partial charge in [0.25, 0.3) is 11.5 Å². The number of rotatable bonds is 3. The monoisotopic (exact) mass is 471 g/mol. The molecule has 1 saturated heterocycles. The zero-order chi connectivity index (χ0) is 24.2. The number of nitrogens with zero attached hydrogens (tertiary/aromatic N) is 4. The predicted molar refractivity (Wildman–Crippen MR) is 126 cm³/mol. The van der Waals surface area contributed by atoms with Crippen molar-refractivity contribution in [3.05, 3.63) is 56.0 Å². The summed E-state index contributed by atoms with van der Waals surface area (Å²) in [7, 11) is -2.03. The lowest BCUT2D eigenvalue weighted by Crippen LogP contribution is -2.50. The lowest BCUT2D eigenvalue weighted by molar-refractivity contribution is 0.0699. The van der Waals surface area contributed by atoms with E-state index in [-0.39, 0.29) is 48.6 Å². The minimum absolute atomic E-state index is 0.193. The molecule has 3 heterocycles. The normalized spacial score (nSPS) is 15.4. The first-order valence-electron chi connectivity index (χ1n) is 10.9. The number of carbonyl (C=O) groups excluding carboxylic acids is 1. The van der Waals surface area contributed by atoms with E-state index in [4.69, 9.17) is 0 Å².